The maximum absolute atomic E-state index is 14.9. The highest BCUT2D eigenvalue weighted by Gasteiger charge is 2.32. The number of halogens is 1. The van der Waals surface area contributed by atoms with Crippen molar-refractivity contribution in [2.24, 2.45) is 5.92 Å². The van der Waals surface area contributed by atoms with Gasteiger partial charge in [-0.1, -0.05) is 42.5 Å². The van der Waals surface area contributed by atoms with E-state index in [0.29, 0.717) is 31.0 Å². The molecule has 1 aliphatic heterocycles. The number of hydrogen-bond acceptors (Lipinski definition) is 3. The molecule has 162 valence electrons. The lowest BCUT2D eigenvalue weighted by atomic mass is 9.99. The van der Waals surface area contributed by atoms with E-state index in [1.54, 1.807) is 6.07 Å². The van der Waals surface area contributed by atoms with Gasteiger partial charge < -0.3 is 9.52 Å². The molecular formula is C27H24FNO3. The zero-order chi connectivity index (χ0) is 22.1. The summed E-state index contributed by atoms with van der Waals surface area (Å²) in [5.74, 6) is -0.900. The van der Waals surface area contributed by atoms with Crippen LogP contribution in [0.4, 0.5) is 4.39 Å². The molecule has 0 spiro atoms. The van der Waals surface area contributed by atoms with Crippen LogP contribution in [-0.4, -0.2) is 29.1 Å². The number of rotatable bonds is 7. The van der Waals surface area contributed by atoms with Crippen LogP contribution >= 0.6 is 0 Å². The van der Waals surface area contributed by atoms with Crippen LogP contribution in [-0.2, 0) is 24.2 Å². The molecule has 0 radical (unpaired) electrons. The Morgan fingerprint density at radius 3 is 2.44 bits per heavy atom. The Kier molecular flexibility index (Phi) is 5.50. The second-order valence-electron chi connectivity index (χ2n) is 8.51. The fourth-order valence-corrected chi connectivity index (χ4v) is 4.28. The highest BCUT2D eigenvalue weighted by atomic mass is 19.1. The minimum atomic E-state index is -0.768. The maximum Gasteiger partial charge on any atom is 0.309 e. The van der Waals surface area contributed by atoms with Crippen LogP contribution in [0.15, 0.2) is 77.2 Å². The smallest absolute Gasteiger partial charge is 0.309 e. The molecule has 0 atom stereocenters. The Balaban J connectivity index is 1.29. The number of hydrogen-bond donors (Lipinski definition) is 1. The Bertz CT molecular complexity index is 1260. The first-order valence-corrected chi connectivity index (χ1v) is 10.9. The van der Waals surface area contributed by atoms with Gasteiger partial charge in [0.1, 0.15) is 17.2 Å². The van der Waals surface area contributed by atoms with Crippen molar-refractivity contribution in [2.45, 2.75) is 19.4 Å². The van der Waals surface area contributed by atoms with Crippen LogP contribution in [0.2, 0.25) is 0 Å². The lowest BCUT2D eigenvalue weighted by molar-refractivity contribution is -0.147. The second-order valence-corrected chi connectivity index (χ2v) is 8.51. The molecule has 32 heavy (non-hydrogen) atoms. The highest BCUT2D eigenvalue weighted by molar-refractivity contribution is 5.83. The molecule has 0 amide bonds. The van der Waals surface area contributed by atoms with E-state index in [0.717, 1.165) is 29.4 Å². The zero-order valence-electron chi connectivity index (χ0n) is 17.6. The number of aliphatic carboxylic acids is 1. The first kappa shape index (κ1) is 20.5. The number of nitrogens with zero attached hydrogens (tertiary/aromatic N) is 1. The Morgan fingerprint density at radius 2 is 1.69 bits per heavy atom. The van der Waals surface area contributed by atoms with Crippen LogP contribution < -0.4 is 0 Å². The van der Waals surface area contributed by atoms with Gasteiger partial charge in [0.15, 0.2) is 0 Å². The van der Waals surface area contributed by atoms with Crippen LogP contribution in [0.1, 0.15) is 16.7 Å². The van der Waals surface area contributed by atoms with E-state index in [2.05, 4.69) is 36.4 Å². The van der Waals surface area contributed by atoms with Crippen molar-refractivity contribution >= 4 is 16.9 Å². The van der Waals surface area contributed by atoms with Crippen LogP contribution in [0.3, 0.4) is 0 Å². The molecule has 0 bridgehead atoms. The predicted octanol–water partition coefficient (Wildman–Crippen LogP) is 5.54. The van der Waals surface area contributed by atoms with Crippen LogP contribution in [0.25, 0.3) is 22.3 Å². The normalized spacial score (nSPS) is 14.5. The molecule has 1 saturated heterocycles. The third kappa shape index (κ3) is 4.30. The second kappa shape index (κ2) is 8.60. The lowest BCUT2D eigenvalue weighted by Crippen LogP contribution is -2.49. The molecule has 1 aromatic heterocycles. The molecule has 5 heteroatoms. The summed E-state index contributed by atoms with van der Waals surface area (Å²) in [7, 11) is 0. The average molecular weight is 429 g/mol. The van der Waals surface area contributed by atoms with E-state index >= 15 is 0 Å². The topological polar surface area (TPSA) is 53.7 Å². The Labute approximate surface area is 185 Å². The van der Waals surface area contributed by atoms with Gasteiger partial charge in [0, 0.05) is 25.0 Å². The van der Waals surface area contributed by atoms with Crippen molar-refractivity contribution in [3.05, 3.63) is 95.3 Å². The van der Waals surface area contributed by atoms with Crippen LogP contribution in [0, 0.1) is 11.7 Å². The Morgan fingerprint density at radius 1 is 0.938 bits per heavy atom. The molecule has 5 rings (SSSR count). The first-order valence-electron chi connectivity index (χ1n) is 10.9. The van der Waals surface area contributed by atoms with Gasteiger partial charge in [0.2, 0.25) is 0 Å². The zero-order valence-corrected chi connectivity index (χ0v) is 17.6. The number of carboxylic acid groups (broad SMARTS) is 1. The third-order valence-electron chi connectivity index (χ3n) is 6.14. The molecule has 4 aromatic rings. The monoisotopic (exact) mass is 429 g/mol. The molecule has 4 nitrogen and oxygen atoms in total. The predicted molar refractivity (Wildman–Crippen MR) is 122 cm³/mol. The van der Waals surface area contributed by atoms with Gasteiger partial charge in [0.05, 0.1) is 11.5 Å². The highest BCUT2D eigenvalue weighted by Crippen LogP contribution is 2.31. The maximum atomic E-state index is 14.9. The SMILES string of the molecule is O=C(O)C1CN(Cc2ccc(-c3cc4cc(CCc5ccccc5)ccc4o3)c(F)c2)C1. The van der Waals surface area contributed by atoms with Gasteiger partial charge in [-0.15, -0.1) is 0 Å². The summed E-state index contributed by atoms with van der Waals surface area (Å²) in [4.78, 5) is 12.9. The summed E-state index contributed by atoms with van der Waals surface area (Å²) in [6.45, 7) is 1.57. The number of carboxylic acids is 1. The molecule has 1 aliphatic rings. The number of benzene rings is 3. The lowest BCUT2D eigenvalue weighted by Gasteiger charge is -2.36. The summed E-state index contributed by atoms with van der Waals surface area (Å²) >= 11 is 0. The average Bonchev–Trinajstić information content (AvgIpc) is 3.18. The van der Waals surface area contributed by atoms with E-state index in [4.69, 9.17) is 9.52 Å². The van der Waals surface area contributed by atoms with Crippen molar-refractivity contribution < 1.29 is 18.7 Å². The third-order valence-corrected chi connectivity index (χ3v) is 6.14. The fourth-order valence-electron chi connectivity index (χ4n) is 4.28. The molecule has 0 aliphatic carbocycles. The van der Waals surface area contributed by atoms with Gasteiger partial charge in [-0.2, -0.15) is 0 Å². The Hall–Kier alpha value is -3.44. The van der Waals surface area contributed by atoms with Crippen molar-refractivity contribution in [1.82, 2.24) is 4.90 Å². The summed E-state index contributed by atoms with van der Waals surface area (Å²) < 4.78 is 20.8. The van der Waals surface area contributed by atoms with Gasteiger partial charge in [0.25, 0.3) is 0 Å². The van der Waals surface area contributed by atoms with E-state index in [9.17, 15) is 9.18 Å². The fraction of sp³-hybridized carbons (Fsp3) is 0.222. The number of fused-ring (bicyclic) bond motifs is 1. The van der Waals surface area contributed by atoms with Gasteiger partial charge >= 0.3 is 5.97 Å². The first-order chi connectivity index (χ1) is 15.5. The van der Waals surface area contributed by atoms with E-state index in [1.807, 2.05) is 29.2 Å². The molecule has 0 saturated carbocycles. The molecule has 3 aromatic carbocycles. The van der Waals surface area contributed by atoms with Crippen molar-refractivity contribution in [2.75, 3.05) is 13.1 Å². The van der Waals surface area contributed by atoms with Crippen molar-refractivity contribution in [3.63, 3.8) is 0 Å². The number of carbonyl (C=O) groups is 1. The van der Waals surface area contributed by atoms with Gasteiger partial charge in [-0.05, 0) is 59.9 Å². The van der Waals surface area contributed by atoms with Crippen molar-refractivity contribution in [3.8, 4) is 11.3 Å². The molecule has 1 N–H and O–H groups in total. The van der Waals surface area contributed by atoms with Crippen molar-refractivity contribution in [1.29, 1.82) is 0 Å². The van der Waals surface area contributed by atoms with E-state index in [-0.39, 0.29) is 11.7 Å². The number of likely N-dealkylation sites (tertiary alicyclic amines) is 1. The quantitative estimate of drug-likeness (QED) is 0.419. The standard InChI is InChI=1S/C27H24FNO3/c28-24-13-20(15-29-16-22(17-29)27(30)31)8-10-23(24)26-14-21-12-19(9-11-25(21)32-26)7-6-18-4-2-1-3-5-18/h1-5,8-14,22H,6-7,15-17H2,(H,30,31). The summed E-state index contributed by atoms with van der Waals surface area (Å²) in [5.41, 5.74) is 4.53. The van der Waals surface area contributed by atoms with Gasteiger partial charge in [-0.3, -0.25) is 9.69 Å². The summed E-state index contributed by atoms with van der Waals surface area (Å²) in [6.07, 6.45) is 1.90. The minimum Gasteiger partial charge on any atom is -0.481 e. The molecule has 0 unspecified atom stereocenters. The van der Waals surface area contributed by atoms with E-state index < -0.39 is 5.97 Å². The molecule has 1 fully saturated rings. The molecule has 2 heterocycles. The largest absolute Gasteiger partial charge is 0.481 e. The minimum absolute atomic E-state index is 0.313. The summed E-state index contributed by atoms with van der Waals surface area (Å²) in [5, 5.41) is 9.95. The number of furan rings is 1. The molecular weight excluding hydrogens is 405 g/mol. The van der Waals surface area contributed by atoms with Gasteiger partial charge in [-0.25, -0.2) is 4.39 Å². The van der Waals surface area contributed by atoms with E-state index in [1.165, 1.54) is 17.2 Å². The number of aryl methyl sites for hydroxylation is 2. The van der Waals surface area contributed by atoms with Crippen LogP contribution in [0.5, 0.6) is 0 Å². The summed E-state index contributed by atoms with van der Waals surface area (Å²) in [6, 6.07) is 23.6.